The molecule has 8 atom stereocenters. The van der Waals surface area contributed by atoms with E-state index in [1.807, 2.05) is 30.3 Å². The van der Waals surface area contributed by atoms with Crippen LogP contribution in [0, 0.1) is 46.3 Å². The highest BCUT2D eigenvalue weighted by molar-refractivity contribution is 5.84. The smallest absolute Gasteiger partial charge is 0.411 e. The average molecular weight is 466 g/mol. The second-order valence-corrected chi connectivity index (χ2v) is 12.7. The van der Waals surface area contributed by atoms with Gasteiger partial charge in [0, 0.05) is 5.69 Å². The van der Waals surface area contributed by atoms with Crippen LogP contribution < -0.4 is 5.32 Å². The van der Waals surface area contributed by atoms with E-state index in [-0.39, 0.29) is 6.09 Å². The molecule has 1 aromatic carbocycles. The maximum absolute atomic E-state index is 12.1. The van der Waals surface area contributed by atoms with Gasteiger partial charge in [-0.3, -0.25) is 5.32 Å². The maximum atomic E-state index is 12.1. The standard InChI is InChI=1S/C31H47NO2/c1-4-22-21-25-27-16-15-23(11-10-20-34-29(33)32-24-12-6-5-7-13-24)30(27,2)19-17-28(25)31(3)18-9-8-14-26(22)31/h5-7,12-13,22-23,25-28H,4,8-11,14-21H2,1-3H3,(H,32,33)/t22-,23?,25-,26-,27?,28-,30?,31-/m0/s1. The fourth-order valence-electron chi connectivity index (χ4n) is 9.77. The van der Waals surface area contributed by atoms with E-state index in [1.54, 1.807) is 0 Å². The molecular formula is C31H47NO2. The quantitative estimate of drug-likeness (QED) is 0.427. The topological polar surface area (TPSA) is 38.3 Å². The van der Waals surface area contributed by atoms with Crippen molar-refractivity contribution in [3.63, 3.8) is 0 Å². The van der Waals surface area contributed by atoms with Gasteiger partial charge in [-0.25, -0.2) is 4.79 Å². The molecule has 1 N–H and O–H groups in total. The first-order valence-electron chi connectivity index (χ1n) is 14.4. The third kappa shape index (κ3) is 4.30. The van der Waals surface area contributed by atoms with Crippen LogP contribution in [0.3, 0.4) is 0 Å². The number of ether oxygens (including phenoxy) is 1. The Labute approximate surface area is 207 Å². The zero-order valence-electron chi connectivity index (χ0n) is 21.9. The number of nitrogens with one attached hydrogen (secondary N) is 1. The minimum atomic E-state index is -0.328. The van der Waals surface area contributed by atoms with Gasteiger partial charge in [-0.15, -0.1) is 0 Å². The zero-order valence-corrected chi connectivity index (χ0v) is 21.9. The summed E-state index contributed by atoms with van der Waals surface area (Å²) in [4.78, 5) is 12.1. The van der Waals surface area contributed by atoms with Crippen molar-refractivity contribution in [2.75, 3.05) is 11.9 Å². The highest BCUT2D eigenvalue weighted by Gasteiger charge is 2.60. The van der Waals surface area contributed by atoms with Crippen LogP contribution in [0.2, 0.25) is 0 Å². The molecule has 0 saturated heterocycles. The molecule has 1 amide bonds. The van der Waals surface area contributed by atoms with Crippen LogP contribution >= 0.6 is 0 Å². The van der Waals surface area contributed by atoms with Crippen molar-refractivity contribution < 1.29 is 9.53 Å². The summed E-state index contributed by atoms with van der Waals surface area (Å²) in [6, 6.07) is 9.57. The lowest BCUT2D eigenvalue weighted by molar-refractivity contribution is -0.135. The summed E-state index contributed by atoms with van der Waals surface area (Å²) in [5.74, 6) is 5.62. The molecule has 1 aromatic rings. The molecular weight excluding hydrogens is 418 g/mol. The van der Waals surface area contributed by atoms with Gasteiger partial charge in [0.15, 0.2) is 0 Å². The number of para-hydroxylation sites is 1. The molecule has 0 radical (unpaired) electrons. The Morgan fingerprint density at radius 1 is 0.971 bits per heavy atom. The van der Waals surface area contributed by atoms with E-state index in [9.17, 15) is 4.79 Å². The number of hydrogen-bond donors (Lipinski definition) is 1. The Morgan fingerprint density at radius 3 is 2.56 bits per heavy atom. The summed E-state index contributed by atoms with van der Waals surface area (Å²) in [7, 11) is 0. The molecule has 0 aromatic heterocycles. The first kappa shape index (κ1) is 24.2. The Balaban J connectivity index is 1.17. The zero-order chi connectivity index (χ0) is 23.8. The van der Waals surface area contributed by atoms with Gasteiger partial charge in [-0.1, -0.05) is 58.2 Å². The van der Waals surface area contributed by atoms with Crippen molar-refractivity contribution in [2.24, 2.45) is 46.3 Å². The van der Waals surface area contributed by atoms with Gasteiger partial charge in [0.05, 0.1) is 6.61 Å². The Morgan fingerprint density at radius 2 is 1.76 bits per heavy atom. The first-order valence-corrected chi connectivity index (χ1v) is 14.4. The summed E-state index contributed by atoms with van der Waals surface area (Å²) in [6.45, 7) is 8.35. The van der Waals surface area contributed by atoms with Gasteiger partial charge in [-0.2, -0.15) is 0 Å². The fourth-order valence-corrected chi connectivity index (χ4v) is 9.77. The SMILES string of the molecule is CC[C@H]1C[C@H]2C3CCC(CCCOC(=O)Nc4ccccc4)C3(C)CC[C@@H]2[C@@]2(C)CCCC[C@@H]12. The lowest BCUT2D eigenvalue weighted by Crippen LogP contribution is -2.55. The lowest BCUT2D eigenvalue weighted by atomic mass is 9.42. The van der Waals surface area contributed by atoms with E-state index >= 15 is 0 Å². The molecule has 4 fully saturated rings. The molecule has 34 heavy (non-hydrogen) atoms. The van der Waals surface area contributed by atoms with Gasteiger partial charge < -0.3 is 4.74 Å². The highest BCUT2D eigenvalue weighted by Crippen LogP contribution is 2.69. The van der Waals surface area contributed by atoms with Crippen LogP contribution in [0.5, 0.6) is 0 Å². The molecule has 0 spiro atoms. The molecule has 0 heterocycles. The maximum Gasteiger partial charge on any atom is 0.411 e. The number of fused-ring (bicyclic) bond motifs is 5. The number of carbonyl (C=O) groups excluding carboxylic acids is 1. The molecule has 4 aliphatic rings. The van der Waals surface area contributed by atoms with Crippen molar-refractivity contribution in [1.82, 2.24) is 0 Å². The van der Waals surface area contributed by atoms with E-state index in [2.05, 4.69) is 26.1 Å². The molecule has 3 unspecified atom stereocenters. The largest absolute Gasteiger partial charge is 0.449 e. The van der Waals surface area contributed by atoms with Crippen LogP contribution in [0.4, 0.5) is 10.5 Å². The van der Waals surface area contributed by atoms with E-state index in [0.717, 1.165) is 47.6 Å². The van der Waals surface area contributed by atoms with Crippen LogP contribution in [-0.4, -0.2) is 12.7 Å². The van der Waals surface area contributed by atoms with E-state index in [4.69, 9.17) is 4.74 Å². The van der Waals surface area contributed by atoms with Crippen LogP contribution in [0.15, 0.2) is 30.3 Å². The van der Waals surface area contributed by atoms with Crippen LogP contribution in [-0.2, 0) is 4.74 Å². The molecule has 4 aliphatic carbocycles. The number of amides is 1. The van der Waals surface area contributed by atoms with Crippen molar-refractivity contribution in [3.05, 3.63) is 30.3 Å². The number of anilines is 1. The van der Waals surface area contributed by atoms with Crippen LogP contribution in [0.1, 0.15) is 97.8 Å². The molecule has 188 valence electrons. The first-order chi connectivity index (χ1) is 16.5. The van der Waals surface area contributed by atoms with Crippen molar-refractivity contribution in [2.45, 2.75) is 97.8 Å². The lowest BCUT2D eigenvalue weighted by Gasteiger charge is -2.62. The van der Waals surface area contributed by atoms with Crippen molar-refractivity contribution >= 4 is 11.8 Å². The predicted octanol–water partition coefficient (Wildman–Crippen LogP) is 8.70. The number of rotatable bonds is 6. The van der Waals surface area contributed by atoms with E-state index in [0.29, 0.717) is 17.4 Å². The van der Waals surface area contributed by atoms with Gasteiger partial charge >= 0.3 is 6.09 Å². The second-order valence-electron chi connectivity index (χ2n) is 12.7. The third-order valence-electron chi connectivity index (χ3n) is 11.4. The number of hydrogen-bond acceptors (Lipinski definition) is 2. The number of carbonyl (C=O) groups is 1. The third-order valence-corrected chi connectivity index (χ3v) is 11.4. The highest BCUT2D eigenvalue weighted by atomic mass is 16.5. The van der Waals surface area contributed by atoms with Crippen molar-refractivity contribution in [1.29, 1.82) is 0 Å². The summed E-state index contributed by atoms with van der Waals surface area (Å²) >= 11 is 0. The van der Waals surface area contributed by atoms with E-state index in [1.165, 1.54) is 70.6 Å². The molecule has 0 aliphatic heterocycles. The summed E-state index contributed by atoms with van der Waals surface area (Å²) in [5.41, 5.74) is 1.91. The summed E-state index contributed by atoms with van der Waals surface area (Å²) in [6.07, 6.45) is 16.4. The monoisotopic (exact) mass is 465 g/mol. The van der Waals surface area contributed by atoms with Crippen molar-refractivity contribution in [3.8, 4) is 0 Å². The second kappa shape index (κ2) is 9.86. The van der Waals surface area contributed by atoms with Gasteiger partial charge in [0.1, 0.15) is 0 Å². The molecule has 0 bridgehead atoms. The average Bonchev–Trinajstić information content (AvgIpc) is 3.18. The van der Waals surface area contributed by atoms with Crippen LogP contribution in [0.25, 0.3) is 0 Å². The Bertz CT molecular complexity index is 839. The molecule has 3 nitrogen and oxygen atoms in total. The fraction of sp³-hybridized carbons (Fsp3) is 0.774. The molecule has 4 saturated carbocycles. The number of benzene rings is 1. The molecule has 5 rings (SSSR count). The van der Waals surface area contributed by atoms with Gasteiger partial charge in [-0.05, 0) is 116 Å². The minimum absolute atomic E-state index is 0.328. The minimum Gasteiger partial charge on any atom is -0.449 e. The normalized spacial score (nSPS) is 41.1. The predicted molar refractivity (Wildman–Crippen MR) is 140 cm³/mol. The summed E-state index contributed by atoms with van der Waals surface area (Å²) in [5, 5.41) is 2.83. The van der Waals surface area contributed by atoms with E-state index < -0.39 is 0 Å². The Kier molecular flexibility index (Phi) is 7.02. The molecule has 3 heteroatoms. The Hall–Kier alpha value is -1.51. The summed E-state index contributed by atoms with van der Waals surface area (Å²) < 4.78 is 5.51. The van der Waals surface area contributed by atoms with Gasteiger partial charge in [0.25, 0.3) is 0 Å². The van der Waals surface area contributed by atoms with Gasteiger partial charge in [0.2, 0.25) is 0 Å².